The van der Waals surface area contributed by atoms with Crippen molar-refractivity contribution in [2.24, 2.45) is 0 Å². The average Bonchev–Trinajstić information content (AvgIpc) is 3.09. The zero-order valence-corrected chi connectivity index (χ0v) is 29.8. The third kappa shape index (κ3) is 7.79. The van der Waals surface area contributed by atoms with Crippen LogP contribution in [0.4, 0.5) is 27.5 Å². The molecule has 8 N–H and O–H groups in total. The van der Waals surface area contributed by atoms with E-state index in [1.807, 2.05) is 0 Å². The second kappa shape index (κ2) is 14.1. The van der Waals surface area contributed by atoms with Crippen molar-refractivity contribution < 1.29 is 50.5 Å². The highest BCUT2D eigenvalue weighted by Crippen LogP contribution is 2.35. The first kappa shape index (κ1) is 37.2. The Morgan fingerprint density at radius 1 is 0.500 bits per heavy atom. The SMILES string of the molecule is Cc1ccc(NC(=O)Nc2ccc(C)c(C(=O)Nc3cccc4c(S(=O)(=O)O)cc(O)cc34)c2)cc1C(=O)Nc1cccc2c(S(=O)(=O)O)cc(O)cc12. The van der Waals surface area contributed by atoms with Gasteiger partial charge in [0.1, 0.15) is 21.3 Å². The maximum Gasteiger partial charge on any atom is 0.323 e. The van der Waals surface area contributed by atoms with E-state index in [4.69, 9.17) is 0 Å². The van der Waals surface area contributed by atoms with Gasteiger partial charge in [0, 0.05) is 67.6 Å². The van der Waals surface area contributed by atoms with Crippen LogP contribution in [-0.2, 0) is 20.2 Å². The molecule has 0 fully saturated rings. The second-order valence-electron chi connectivity index (χ2n) is 12.2. The number of nitrogens with one attached hydrogen (secondary N) is 4. The number of aromatic hydroxyl groups is 2. The molecule has 0 saturated carbocycles. The molecular formula is C37H30N4O11S2. The first-order chi connectivity index (χ1) is 25.4. The summed E-state index contributed by atoms with van der Waals surface area (Å²) in [6, 6.07) is 21.4. The highest BCUT2D eigenvalue weighted by molar-refractivity contribution is 7.86. The van der Waals surface area contributed by atoms with Gasteiger partial charge in [-0.15, -0.1) is 0 Å². The summed E-state index contributed by atoms with van der Waals surface area (Å²) in [5.41, 5.74) is 2.11. The number of hydrogen-bond acceptors (Lipinski definition) is 9. The van der Waals surface area contributed by atoms with Crippen LogP contribution in [0.5, 0.6) is 11.5 Å². The van der Waals surface area contributed by atoms with E-state index < -0.39 is 59.4 Å². The minimum Gasteiger partial charge on any atom is -0.508 e. The monoisotopic (exact) mass is 770 g/mol. The molecule has 0 heterocycles. The van der Waals surface area contributed by atoms with E-state index in [0.29, 0.717) is 11.1 Å². The van der Waals surface area contributed by atoms with Gasteiger partial charge in [0.15, 0.2) is 0 Å². The molecule has 0 aliphatic heterocycles. The van der Waals surface area contributed by atoms with Gasteiger partial charge in [-0.2, -0.15) is 16.8 Å². The number of amides is 4. The Labute approximate surface area is 307 Å². The summed E-state index contributed by atoms with van der Waals surface area (Å²) in [6.07, 6.45) is 0. The van der Waals surface area contributed by atoms with E-state index in [1.165, 1.54) is 60.7 Å². The average molecular weight is 771 g/mol. The van der Waals surface area contributed by atoms with Crippen LogP contribution in [0.3, 0.4) is 0 Å². The van der Waals surface area contributed by atoms with Crippen molar-refractivity contribution in [3.8, 4) is 11.5 Å². The first-order valence-corrected chi connectivity index (χ1v) is 18.7. The topological polar surface area (TPSA) is 249 Å². The number of aryl methyl sites for hydroxylation is 2. The lowest BCUT2D eigenvalue weighted by Gasteiger charge is -2.15. The lowest BCUT2D eigenvalue weighted by atomic mass is 10.1. The molecule has 54 heavy (non-hydrogen) atoms. The van der Waals surface area contributed by atoms with Crippen molar-refractivity contribution in [3.05, 3.63) is 119 Å². The minimum absolute atomic E-state index is 0.0665. The molecule has 6 aromatic rings. The molecule has 0 aliphatic carbocycles. The molecule has 0 radical (unpaired) electrons. The molecule has 0 aromatic heterocycles. The number of benzene rings is 6. The number of urea groups is 1. The predicted molar refractivity (Wildman–Crippen MR) is 202 cm³/mol. The van der Waals surface area contributed by atoms with Crippen LogP contribution >= 0.6 is 0 Å². The number of anilines is 4. The Morgan fingerprint density at radius 2 is 0.889 bits per heavy atom. The van der Waals surface area contributed by atoms with Crippen LogP contribution in [0.1, 0.15) is 31.8 Å². The predicted octanol–water partition coefficient (Wildman–Crippen LogP) is 6.66. The molecule has 276 valence electrons. The number of carbonyl (C=O) groups is 3. The Morgan fingerprint density at radius 3 is 1.26 bits per heavy atom. The molecule has 17 heteroatoms. The molecule has 4 amide bonds. The molecule has 6 aromatic carbocycles. The first-order valence-electron chi connectivity index (χ1n) is 15.8. The highest BCUT2D eigenvalue weighted by Gasteiger charge is 2.21. The molecular weight excluding hydrogens is 741 g/mol. The Hall–Kier alpha value is -6.53. The quantitative estimate of drug-likeness (QED) is 0.0760. The van der Waals surface area contributed by atoms with E-state index in [0.717, 1.165) is 12.1 Å². The van der Waals surface area contributed by atoms with Crippen LogP contribution in [-0.4, -0.2) is 54.0 Å². The van der Waals surface area contributed by atoms with E-state index in [2.05, 4.69) is 21.3 Å². The summed E-state index contributed by atoms with van der Waals surface area (Å²) in [4.78, 5) is 38.9. The number of hydrogen-bond donors (Lipinski definition) is 8. The van der Waals surface area contributed by atoms with Crippen LogP contribution in [0.2, 0.25) is 0 Å². The number of phenols is 2. The fourth-order valence-electron chi connectivity index (χ4n) is 5.88. The van der Waals surface area contributed by atoms with Crippen molar-refractivity contribution in [2.75, 3.05) is 21.3 Å². The zero-order chi connectivity index (χ0) is 39.1. The molecule has 0 bridgehead atoms. The molecule has 0 spiro atoms. The molecule has 15 nitrogen and oxygen atoms in total. The molecule has 0 saturated heterocycles. The van der Waals surface area contributed by atoms with Crippen LogP contribution < -0.4 is 21.3 Å². The third-order valence-electron chi connectivity index (χ3n) is 8.42. The van der Waals surface area contributed by atoms with Gasteiger partial charge in [-0.05, 0) is 73.5 Å². The summed E-state index contributed by atoms with van der Waals surface area (Å²) in [5.74, 6) is -2.14. The molecule has 0 unspecified atom stereocenters. The molecule has 0 atom stereocenters. The summed E-state index contributed by atoms with van der Waals surface area (Å²) in [7, 11) is -9.40. The third-order valence-corrected chi connectivity index (χ3v) is 10.2. The maximum atomic E-state index is 13.4. The fourth-order valence-corrected chi connectivity index (χ4v) is 7.33. The normalized spacial score (nSPS) is 11.6. The van der Waals surface area contributed by atoms with Crippen LogP contribution in [0, 0.1) is 13.8 Å². The lowest BCUT2D eigenvalue weighted by Crippen LogP contribution is -2.21. The van der Waals surface area contributed by atoms with Crippen LogP contribution in [0.25, 0.3) is 21.5 Å². The van der Waals surface area contributed by atoms with Gasteiger partial charge in [0.25, 0.3) is 32.1 Å². The zero-order valence-electron chi connectivity index (χ0n) is 28.2. The van der Waals surface area contributed by atoms with Gasteiger partial charge in [-0.3, -0.25) is 18.7 Å². The van der Waals surface area contributed by atoms with Gasteiger partial charge in [0.2, 0.25) is 0 Å². The second-order valence-corrected chi connectivity index (χ2v) is 15.0. The maximum absolute atomic E-state index is 13.4. The van der Waals surface area contributed by atoms with E-state index >= 15 is 0 Å². The van der Waals surface area contributed by atoms with Crippen molar-refractivity contribution in [1.82, 2.24) is 0 Å². The molecule has 0 aliphatic rings. The Bertz CT molecular complexity index is 2600. The van der Waals surface area contributed by atoms with E-state index in [1.54, 1.807) is 38.1 Å². The van der Waals surface area contributed by atoms with Gasteiger partial charge < -0.3 is 31.5 Å². The Kier molecular flexibility index (Phi) is 9.74. The van der Waals surface area contributed by atoms with Gasteiger partial charge in [-0.25, -0.2) is 4.79 Å². The standard InChI is InChI=1S/C37H30N4O11S2/c1-19-9-11-21(13-27(19)35(44)40-31-7-3-5-25-29(31)15-23(42)17-33(25)53(47,48)49)38-37(46)39-22-12-10-20(2)28(14-22)36(45)41-32-8-4-6-26-30(32)16-24(43)18-34(26)54(50,51)52/h3-18,42-43H,1-2H3,(H,40,44)(H,41,45)(H2,38,39,46)(H,47,48,49)(H,50,51,52). The summed E-state index contributed by atoms with van der Waals surface area (Å²) in [5, 5.41) is 31.3. The van der Waals surface area contributed by atoms with Gasteiger partial charge >= 0.3 is 6.03 Å². The largest absolute Gasteiger partial charge is 0.508 e. The van der Waals surface area contributed by atoms with E-state index in [9.17, 15) is 50.5 Å². The fraction of sp³-hybridized carbons (Fsp3) is 0.0541. The van der Waals surface area contributed by atoms with Crippen molar-refractivity contribution in [2.45, 2.75) is 23.6 Å². The van der Waals surface area contributed by atoms with E-state index in [-0.39, 0.29) is 55.4 Å². The van der Waals surface area contributed by atoms with Crippen molar-refractivity contribution >= 4 is 82.4 Å². The number of fused-ring (bicyclic) bond motifs is 2. The van der Waals surface area contributed by atoms with Crippen molar-refractivity contribution in [3.63, 3.8) is 0 Å². The van der Waals surface area contributed by atoms with Crippen molar-refractivity contribution in [1.29, 1.82) is 0 Å². The van der Waals surface area contributed by atoms with Crippen LogP contribution in [0.15, 0.2) is 107 Å². The smallest absolute Gasteiger partial charge is 0.323 e. The summed E-state index contributed by atoms with van der Waals surface area (Å²) >= 11 is 0. The number of carbonyl (C=O) groups excluding carboxylic acids is 3. The summed E-state index contributed by atoms with van der Waals surface area (Å²) in [6.45, 7) is 3.33. The Balaban J connectivity index is 1.19. The highest BCUT2D eigenvalue weighted by atomic mass is 32.2. The number of phenolic OH excluding ortho intramolecular Hbond substituents is 2. The van der Waals surface area contributed by atoms with Gasteiger partial charge in [0.05, 0.1) is 0 Å². The lowest BCUT2D eigenvalue weighted by molar-refractivity contribution is 0.101. The van der Waals surface area contributed by atoms with Gasteiger partial charge in [-0.1, -0.05) is 36.4 Å². The summed E-state index contributed by atoms with van der Waals surface area (Å²) < 4.78 is 67.0. The minimum atomic E-state index is -4.70. The molecule has 6 rings (SSSR count). The number of rotatable bonds is 8.